The van der Waals surface area contributed by atoms with Crippen molar-refractivity contribution in [3.05, 3.63) is 112 Å². The highest BCUT2D eigenvalue weighted by Gasteiger charge is 2.14. The van der Waals surface area contributed by atoms with Crippen LogP contribution >= 0.6 is 0 Å². The predicted molar refractivity (Wildman–Crippen MR) is 148 cm³/mol. The number of anilines is 1. The topological polar surface area (TPSA) is 65.4 Å². The van der Waals surface area contributed by atoms with Gasteiger partial charge in [0.25, 0.3) is 0 Å². The molecule has 37 heavy (non-hydrogen) atoms. The van der Waals surface area contributed by atoms with E-state index in [1.165, 1.54) is 22.8 Å². The Hall–Kier alpha value is -4.32. The van der Waals surface area contributed by atoms with Gasteiger partial charge in [-0.2, -0.15) is 5.10 Å². The van der Waals surface area contributed by atoms with E-state index < -0.39 is 0 Å². The zero-order valence-electron chi connectivity index (χ0n) is 22.0. The number of hydrogen-bond acceptors (Lipinski definition) is 4. The van der Waals surface area contributed by atoms with Crippen molar-refractivity contribution in [3.63, 3.8) is 0 Å². The lowest BCUT2D eigenvalue weighted by Gasteiger charge is -2.11. The Morgan fingerprint density at radius 3 is 2.49 bits per heavy atom. The molecule has 1 amide bonds. The van der Waals surface area contributed by atoms with Crippen molar-refractivity contribution in [2.24, 2.45) is 0 Å². The lowest BCUT2D eigenvalue weighted by Crippen LogP contribution is -2.10. The summed E-state index contributed by atoms with van der Waals surface area (Å²) < 4.78 is 13.4. The molecule has 1 aromatic heterocycles. The maximum absolute atomic E-state index is 12.8. The maximum atomic E-state index is 12.8. The van der Waals surface area contributed by atoms with Crippen LogP contribution in [0.15, 0.2) is 72.8 Å². The second-order valence-corrected chi connectivity index (χ2v) is 9.19. The summed E-state index contributed by atoms with van der Waals surface area (Å²) >= 11 is 0. The van der Waals surface area contributed by atoms with Crippen molar-refractivity contribution in [2.45, 2.75) is 40.8 Å². The summed E-state index contributed by atoms with van der Waals surface area (Å²) in [5.41, 5.74) is 7.78. The van der Waals surface area contributed by atoms with E-state index in [4.69, 9.17) is 9.47 Å². The minimum absolute atomic E-state index is 0.213. The molecule has 6 nitrogen and oxygen atoms in total. The molecule has 4 rings (SSSR count). The van der Waals surface area contributed by atoms with Gasteiger partial charge in [-0.3, -0.25) is 9.48 Å². The fourth-order valence-electron chi connectivity index (χ4n) is 4.16. The Kier molecular flexibility index (Phi) is 8.08. The number of ether oxygens (including phenoxy) is 2. The van der Waals surface area contributed by atoms with Gasteiger partial charge in [-0.05, 0) is 69.2 Å². The highest BCUT2D eigenvalue weighted by Crippen LogP contribution is 2.24. The molecule has 0 bridgehead atoms. The molecule has 0 spiro atoms. The van der Waals surface area contributed by atoms with Crippen molar-refractivity contribution in [2.75, 3.05) is 12.4 Å². The number of nitrogens with zero attached hydrogens (tertiary/aromatic N) is 2. The summed E-state index contributed by atoms with van der Waals surface area (Å²) in [6.45, 7) is 9.00. The molecular formula is C31H33N3O3. The quantitative estimate of drug-likeness (QED) is 0.273. The molecule has 4 aromatic rings. The van der Waals surface area contributed by atoms with Crippen LogP contribution in [0.2, 0.25) is 0 Å². The smallest absolute Gasteiger partial charge is 0.248 e. The van der Waals surface area contributed by atoms with E-state index in [-0.39, 0.29) is 5.91 Å². The number of methoxy groups -OCH3 is 1. The van der Waals surface area contributed by atoms with E-state index in [9.17, 15) is 4.79 Å². The van der Waals surface area contributed by atoms with Crippen LogP contribution in [0.3, 0.4) is 0 Å². The van der Waals surface area contributed by atoms with Gasteiger partial charge in [0.15, 0.2) is 0 Å². The van der Waals surface area contributed by atoms with Crippen molar-refractivity contribution in [3.8, 4) is 11.5 Å². The molecule has 0 radical (unpaired) electrons. The van der Waals surface area contributed by atoms with Crippen LogP contribution in [-0.4, -0.2) is 22.8 Å². The van der Waals surface area contributed by atoms with E-state index in [1.807, 2.05) is 74.0 Å². The molecule has 0 atom stereocenters. The molecule has 0 aliphatic rings. The third-order valence-corrected chi connectivity index (χ3v) is 6.19. The first kappa shape index (κ1) is 25.8. The zero-order valence-corrected chi connectivity index (χ0v) is 22.0. The van der Waals surface area contributed by atoms with E-state index in [1.54, 1.807) is 13.2 Å². The first-order valence-corrected chi connectivity index (χ1v) is 12.3. The molecule has 0 saturated heterocycles. The molecule has 6 heteroatoms. The van der Waals surface area contributed by atoms with Crippen molar-refractivity contribution >= 4 is 17.7 Å². The summed E-state index contributed by atoms with van der Waals surface area (Å²) in [6, 6.07) is 22.0. The van der Waals surface area contributed by atoms with Gasteiger partial charge in [0.05, 0.1) is 30.7 Å². The number of carbonyl (C=O) groups is 1. The van der Waals surface area contributed by atoms with Crippen LogP contribution in [0.4, 0.5) is 5.69 Å². The van der Waals surface area contributed by atoms with Crippen molar-refractivity contribution in [1.82, 2.24) is 9.78 Å². The standard InChI is InChI=1S/C31H33N3O3/c1-21-9-13-28(14-10-21)37-20-27-18-25(11-15-29(27)36-5)12-16-30(35)32-31-23(3)33-34(24(31)4)19-26-8-6-7-22(2)17-26/h6-18H,19-20H2,1-5H3,(H,32,35)/b16-12+. The fourth-order valence-corrected chi connectivity index (χ4v) is 4.16. The Balaban J connectivity index is 1.43. The molecule has 0 unspecified atom stereocenters. The van der Waals surface area contributed by atoms with E-state index in [0.29, 0.717) is 13.2 Å². The summed E-state index contributed by atoms with van der Waals surface area (Å²) in [7, 11) is 1.64. The SMILES string of the molecule is COc1ccc(/C=C/C(=O)Nc2c(C)nn(Cc3cccc(C)c3)c2C)cc1COc1ccc(C)cc1. The van der Waals surface area contributed by atoms with Crippen LogP contribution in [-0.2, 0) is 17.9 Å². The van der Waals surface area contributed by atoms with Gasteiger partial charge >= 0.3 is 0 Å². The van der Waals surface area contributed by atoms with E-state index in [0.717, 1.165) is 39.7 Å². The highest BCUT2D eigenvalue weighted by atomic mass is 16.5. The predicted octanol–water partition coefficient (Wildman–Crippen LogP) is 6.40. The first-order valence-electron chi connectivity index (χ1n) is 12.3. The van der Waals surface area contributed by atoms with Gasteiger partial charge in [0.2, 0.25) is 5.91 Å². The third-order valence-electron chi connectivity index (χ3n) is 6.19. The largest absolute Gasteiger partial charge is 0.496 e. The first-order chi connectivity index (χ1) is 17.8. The normalized spacial score (nSPS) is 11.1. The summed E-state index contributed by atoms with van der Waals surface area (Å²) in [4.78, 5) is 12.8. The molecule has 1 N–H and O–H groups in total. The number of hydrogen-bond donors (Lipinski definition) is 1. The molecule has 0 saturated carbocycles. The Morgan fingerprint density at radius 2 is 1.76 bits per heavy atom. The number of aryl methyl sites for hydroxylation is 3. The summed E-state index contributed by atoms with van der Waals surface area (Å²) in [5.74, 6) is 1.32. The van der Waals surface area contributed by atoms with Gasteiger partial charge in [0, 0.05) is 11.6 Å². The fraction of sp³-hybridized carbons (Fsp3) is 0.226. The maximum Gasteiger partial charge on any atom is 0.248 e. The summed E-state index contributed by atoms with van der Waals surface area (Å²) in [5, 5.41) is 7.63. The number of carbonyl (C=O) groups excluding carboxylic acids is 1. The molecule has 0 fully saturated rings. The van der Waals surface area contributed by atoms with Gasteiger partial charge in [-0.25, -0.2) is 0 Å². The molecule has 1 heterocycles. The lowest BCUT2D eigenvalue weighted by atomic mass is 10.1. The molecule has 0 aliphatic carbocycles. The minimum Gasteiger partial charge on any atom is -0.496 e. The van der Waals surface area contributed by atoms with Crippen LogP contribution in [0.1, 0.15) is 39.2 Å². The van der Waals surface area contributed by atoms with Crippen molar-refractivity contribution in [1.29, 1.82) is 0 Å². The zero-order chi connectivity index (χ0) is 26.4. The number of nitrogens with one attached hydrogen (secondary N) is 1. The van der Waals surface area contributed by atoms with Crippen molar-refractivity contribution < 1.29 is 14.3 Å². The van der Waals surface area contributed by atoms with Gasteiger partial charge in [0.1, 0.15) is 18.1 Å². The molecule has 3 aromatic carbocycles. The summed E-state index contributed by atoms with van der Waals surface area (Å²) in [6.07, 6.45) is 3.31. The van der Waals surface area contributed by atoms with Gasteiger partial charge in [-0.15, -0.1) is 0 Å². The number of amides is 1. The highest BCUT2D eigenvalue weighted by molar-refractivity contribution is 6.02. The Labute approximate surface area is 218 Å². The van der Waals surface area contributed by atoms with Gasteiger partial charge < -0.3 is 14.8 Å². The second kappa shape index (κ2) is 11.6. The average Bonchev–Trinajstić information content (AvgIpc) is 3.14. The van der Waals surface area contributed by atoms with Gasteiger partial charge in [-0.1, -0.05) is 53.6 Å². The van der Waals surface area contributed by atoms with E-state index in [2.05, 4.69) is 35.5 Å². The Bertz CT molecular complexity index is 1420. The molecule has 0 aliphatic heterocycles. The lowest BCUT2D eigenvalue weighted by molar-refractivity contribution is -0.111. The molecule has 190 valence electrons. The minimum atomic E-state index is -0.213. The van der Waals surface area contributed by atoms with Crippen LogP contribution in [0, 0.1) is 27.7 Å². The van der Waals surface area contributed by atoms with Crippen LogP contribution in [0.25, 0.3) is 6.08 Å². The van der Waals surface area contributed by atoms with Crippen LogP contribution in [0.5, 0.6) is 11.5 Å². The number of rotatable bonds is 9. The molecular weight excluding hydrogens is 462 g/mol. The second-order valence-electron chi connectivity index (χ2n) is 9.19. The van der Waals surface area contributed by atoms with Crippen LogP contribution < -0.4 is 14.8 Å². The van der Waals surface area contributed by atoms with E-state index >= 15 is 0 Å². The number of aromatic nitrogens is 2. The Morgan fingerprint density at radius 1 is 0.973 bits per heavy atom. The third kappa shape index (κ3) is 6.67. The average molecular weight is 496 g/mol. The number of benzene rings is 3. The monoisotopic (exact) mass is 495 g/mol.